The summed E-state index contributed by atoms with van der Waals surface area (Å²) in [5.41, 5.74) is 3.30. The zero-order chi connectivity index (χ0) is 21.8. The Balaban J connectivity index is 1.19. The molecule has 0 saturated carbocycles. The third-order valence-electron chi connectivity index (χ3n) is 5.52. The molecule has 2 aromatic carbocycles. The van der Waals surface area contributed by atoms with Crippen LogP contribution in [0.5, 0.6) is 0 Å². The molecule has 31 heavy (non-hydrogen) atoms. The maximum Gasteiger partial charge on any atom is 0.230 e. The lowest BCUT2D eigenvalue weighted by molar-refractivity contribution is -0.118. The van der Waals surface area contributed by atoms with Crippen molar-refractivity contribution >= 4 is 56.0 Å². The van der Waals surface area contributed by atoms with Gasteiger partial charge in [-0.3, -0.25) is 9.69 Å². The fourth-order valence-corrected chi connectivity index (χ4v) is 5.53. The first-order valence-corrected chi connectivity index (χ1v) is 12.7. The van der Waals surface area contributed by atoms with Crippen LogP contribution in [0.4, 0.5) is 5.13 Å². The molecule has 164 valence electrons. The van der Waals surface area contributed by atoms with Crippen LogP contribution in [-0.2, 0) is 4.79 Å². The predicted molar refractivity (Wildman–Crippen MR) is 133 cm³/mol. The number of anilines is 1. The molecule has 0 bridgehead atoms. The van der Waals surface area contributed by atoms with Crippen LogP contribution in [0.3, 0.4) is 0 Å². The fraction of sp³-hybridized carbons (Fsp3) is 0.391. The summed E-state index contributed by atoms with van der Waals surface area (Å²) >= 11 is 9.55. The van der Waals surface area contributed by atoms with E-state index >= 15 is 0 Å². The number of benzene rings is 2. The summed E-state index contributed by atoms with van der Waals surface area (Å²) in [4.78, 5) is 22.8. The molecule has 0 atom stereocenters. The SMILES string of the molecule is Cc1ccc(SCC(=O)NCCN2CCN(c3nc4c(C)c(Cl)ccc4s3)CC2)cc1. The lowest BCUT2D eigenvalue weighted by Crippen LogP contribution is -2.48. The van der Waals surface area contributed by atoms with Crippen molar-refractivity contribution in [2.75, 3.05) is 49.9 Å². The Morgan fingerprint density at radius 1 is 1.13 bits per heavy atom. The zero-order valence-electron chi connectivity index (χ0n) is 17.9. The van der Waals surface area contributed by atoms with Gasteiger partial charge < -0.3 is 10.2 Å². The minimum atomic E-state index is 0.0905. The highest BCUT2D eigenvalue weighted by atomic mass is 35.5. The lowest BCUT2D eigenvalue weighted by atomic mass is 10.2. The van der Waals surface area contributed by atoms with Gasteiger partial charge in [-0.25, -0.2) is 4.98 Å². The monoisotopic (exact) mass is 474 g/mol. The molecule has 1 N–H and O–H groups in total. The average Bonchev–Trinajstić information content (AvgIpc) is 3.22. The van der Waals surface area contributed by atoms with Crippen molar-refractivity contribution in [2.24, 2.45) is 0 Å². The first kappa shape index (κ1) is 22.4. The van der Waals surface area contributed by atoms with Crippen molar-refractivity contribution in [3.8, 4) is 0 Å². The lowest BCUT2D eigenvalue weighted by Gasteiger charge is -2.34. The molecule has 5 nitrogen and oxygen atoms in total. The third kappa shape index (κ3) is 5.71. The van der Waals surface area contributed by atoms with Gasteiger partial charge in [0.15, 0.2) is 5.13 Å². The van der Waals surface area contributed by atoms with Gasteiger partial charge >= 0.3 is 0 Å². The van der Waals surface area contributed by atoms with Crippen molar-refractivity contribution < 1.29 is 4.79 Å². The predicted octanol–water partition coefficient (Wildman–Crippen LogP) is 4.60. The van der Waals surface area contributed by atoms with E-state index in [0.29, 0.717) is 12.3 Å². The minimum absolute atomic E-state index is 0.0905. The second kappa shape index (κ2) is 10.2. The summed E-state index contributed by atoms with van der Waals surface area (Å²) in [6, 6.07) is 12.3. The molecule has 1 fully saturated rings. The topological polar surface area (TPSA) is 48.5 Å². The fourth-order valence-electron chi connectivity index (χ4n) is 3.57. The van der Waals surface area contributed by atoms with E-state index in [9.17, 15) is 4.79 Å². The molecule has 2 heterocycles. The Labute approximate surface area is 196 Å². The van der Waals surface area contributed by atoms with E-state index in [1.165, 1.54) is 10.3 Å². The molecule has 1 aliphatic rings. The normalized spacial score (nSPS) is 14.9. The average molecular weight is 475 g/mol. The number of hydrogen-bond donors (Lipinski definition) is 1. The highest BCUT2D eigenvalue weighted by molar-refractivity contribution is 8.00. The highest BCUT2D eigenvalue weighted by Gasteiger charge is 2.20. The van der Waals surface area contributed by atoms with E-state index in [1.54, 1.807) is 23.1 Å². The van der Waals surface area contributed by atoms with Gasteiger partial charge in [0, 0.05) is 49.2 Å². The highest BCUT2D eigenvalue weighted by Crippen LogP contribution is 2.33. The number of piperazine rings is 1. The van der Waals surface area contributed by atoms with Gasteiger partial charge in [0.05, 0.1) is 16.0 Å². The number of thiazole rings is 1. The number of carbonyl (C=O) groups excluding carboxylic acids is 1. The molecule has 1 amide bonds. The van der Waals surface area contributed by atoms with Crippen molar-refractivity contribution in [3.05, 3.63) is 52.5 Å². The van der Waals surface area contributed by atoms with E-state index in [1.807, 2.05) is 13.0 Å². The third-order valence-corrected chi connectivity index (χ3v) is 8.02. The van der Waals surface area contributed by atoms with Gasteiger partial charge in [-0.05, 0) is 43.7 Å². The van der Waals surface area contributed by atoms with Crippen molar-refractivity contribution in [2.45, 2.75) is 18.7 Å². The molecule has 8 heteroatoms. The number of aryl methyl sites for hydroxylation is 2. The molecule has 4 rings (SSSR count). The largest absolute Gasteiger partial charge is 0.354 e. The van der Waals surface area contributed by atoms with Crippen molar-refractivity contribution in [1.29, 1.82) is 0 Å². The maximum absolute atomic E-state index is 12.1. The van der Waals surface area contributed by atoms with E-state index in [2.05, 4.69) is 52.4 Å². The Hall–Kier alpha value is -1.80. The van der Waals surface area contributed by atoms with Gasteiger partial charge in [0.2, 0.25) is 5.91 Å². The molecule has 1 saturated heterocycles. The summed E-state index contributed by atoms with van der Waals surface area (Å²) in [6.45, 7) is 9.51. The van der Waals surface area contributed by atoms with Crippen LogP contribution in [0, 0.1) is 13.8 Å². The first-order valence-electron chi connectivity index (χ1n) is 10.5. The second-order valence-electron chi connectivity index (χ2n) is 7.80. The standard InChI is InChI=1S/C23H27ClN4OS2/c1-16-3-5-18(6-4-16)30-15-21(29)25-9-10-27-11-13-28(14-12-27)23-26-22-17(2)19(24)7-8-20(22)31-23/h3-8H,9-15H2,1-2H3,(H,25,29). The molecule has 1 aliphatic heterocycles. The minimum Gasteiger partial charge on any atom is -0.354 e. The van der Waals surface area contributed by atoms with Gasteiger partial charge in [0.25, 0.3) is 0 Å². The van der Waals surface area contributed by atoms with Gasteiger partial charge in [-0.15, -0.1) is 11.8 Å². The molecule has 0 aliphatic carbocycles. The molecule has 3 aromatic rings. The number of nitrogens with one attached hydrogen (secondary N) is 1. The number of thioether (sulfide) groups is 1. The van der Waals surface area contributed by atoms with Gasteiger partial charge in [-0.2, -0.15) is 0 Å². The Bertz CT molecular complexity index is 1050. The van der Waals surface area contributed by atoms with Crippen LogP contribution in [-0.4, -0.2) is 60.8 Å². The zero-order valence-corrected chi connectivity index (χ0v) is 20.2. The number of amides is 1. The van der Waals surface area contributed by atoms with Crippen LogP contribution >= 0.6 is 34.7 Å². The van der Waals surface area contributed by atoms with Crippen molar-refractivity contribution in [1.82, 2.24) is 15.2 Å². The molecule has 0 spiro atoms. The number of rotatable bonds is 7. The van der Waals surface area contributed by atoms with Gasteiger partial charge in [0.1, 0.15) is 0 Å². The van der Waals surface area contributed by atoms with Crippen LogP contribution in [0.25, 0.3) is 10.2 Å². The Morgan fingerprint density at radius 3 is 2.61 bits per heavy atom. The van der Waals surface area contributed by atoms with Crippen LogP contribution in [0.1, 0.15) is 11.1 Å². The first-order chi connectivity index (χ1) is 15.0. The summed E-state index contributed by atoms with van der Waals surface area (Å²) in [7, 11) is 0. The number of carbonyl (C=O) groups is 1. The van der Waals surface area contributed by atoms with Crippen LogP contribution in [0.15, 0.2) is 41.3 Å². The van der Waals surface area contributed by atoms with Crippen molar-refractivity contribution in [3.63, 3.8) is 0 Å². The smallest absolute Gasteiger partial charge is 0.230 e. The Morgan fingerprint density at radius 2 is 1.87 bits per heavy atom. The van der Waals surface area contributed by atoms with Crippen LogP contribution in [0.2, 0.25) is 5.02 Å². The quantitative estimate of drug-likeness (QED) is 0.507. The Kier molecular flexibility index (Phi) is 7.38. The number of aromatic nitrogens is 1. The van der Waals surface area contributed by atoms with E-state index < -0.39 is 0 Å². The molecule has 0 unspecified atom stereocenters. The van der Waals surface area contributed by atoms with E-state index in [0.717, 1.165) is 58.9 Å². The molecular formula is C23H27ClN4OS2. The summed E-state index contributed by atoms with van der Waals surface area (Å²) < 4.78 is 1.19. The van der Waals surface area contributed by atoms with E-state index in [4.69, 9.17) is 16.6 Å². The number of hydrogen-bond acceptors (Lipinski definition) is 6. The summed E-state index contributed by atoms with van der Waals surface area (Å²) in [5.74, 6) is 0.547. The molecular weight excluding hydrogens is 448 g/mol. The summed E-state index contributed by atoms with van der Waals surface area (Å²) in [6.07, 6.45) is 0. The number of nitrogens with zero attached hydrogens (tertiary/aromatic N) is 3. The number of halogens is 1. The summed E-state index contributed by atoms with van der Waals surface area (Å²) in [5, 5.41) is 4.89. The van der Waals surface area contributed by atoms with Crippen LogP contribution < -0.4 is 10.2 Å². The molecule has 1 aromatic heterocycles. The van der Waals surface area contributed by atoms with E-state index in [-0.39, 0.29) is 5.91 Å². The second-order valence-corrected chi connectivity index (χ2v) is 10.3. The maximum atomic E-state index is 12.1. The molecule has 0 radical (unpaired) electrons. The number of fused-ring (bicyclic) bond motifs is 1. The van der Waals surface area contributed by atoms with Gasteiger partial charge in [-0.1, -0.05) is 40.6 Å².